The molecule has 1 aliphatic heterocycles. The lowest BCUT2D eigenvalue weighted by Gasteiger charge is -2.34. The second kappa shape index (κ2) is 8.63. The predicted molar refractivity (Wildman–Crippen MR) is 84.8 cm³/mol. The van der Waals surface area contributed by atoms with E-state index in [0.29, 0.717) is 18.1 Å². The molecule has 1 fully saturated rings. The summed E-state index contributed by atoms with van der Waals surface area (Å²) in [6, 6.07) is 1.18. The maximum absolute atomic E-state index is 12.4. The van der Waals surface area contributed by atoms with Gasteiger partial charge in [0.25, 0.3) is 0 Å². The Kier molecular flexibility index (Phi) is 7.52. The average molecular weight is 283 g/mol. The summed E-state index contributed by atoms with van der Waals surface area (Å²) in [6.07, 6.45) is 4.48. The summed E-state index contributed by atoms with van der Waals surface area (Å²) in [5, 5.41) is 6.70. The molecular weight excluding hydrogens is 250 g/mol. The van der Waals surface area contributed by atoms with E-state index >= 15 is 0 Å². The van der Waals surface area contributed by atoms with Crippen molar-refractivity contribution in [3.63, 3.8) is 0 Å². The molecule has 0 spiro atoms. The third-order valence-corrected chi connectivity index (χ3v) is 4.47. The average Bonchev–Trinajstić information content (AvgIpc) is 2.93. The number of carbonyl (C=O) groups excluding carboxylic acids is 1. The molecule has 0 aromatic rings. The Morgan fingerprint density at radius 2 is 1.95 bits per heavy atom. The van der Waals surface area contributed by atoms with E-state index in [0.717, 1.165) is 25.9 Å². The van der Waals surface area contributed by atoms with Gasteiger partial charge in [-0.3, -0.25) is 9.69 Å². The van der Waals surface area contributed by atoms with Crippen LogP contribution in [0.25, 0.3) is 0 Å². The van der Waals surface area contributed by atoms with Crippen molar-refractivity contribution >= 4 is 5.91 Å². The van der Waals surface area contributed by atoms with Crippen molar-refractivity contribution in [2.75, 3.05) is 13.1 Å². The molecule has 0 aliphatic carbocycles. The largest absolute Gasteiger partial charge is 0.352 e. The molecule has 118 valence electrons. The van der Waals surface area contributed by atoms with Crippen molar-refractivity contribution in [1.29, 1.82) is 0 Å². The van der Waals surface area contributed by atoms with Crippen LogP contribution in [0, 0.1) is 0 Å². The predicted octanol–water partition coefficient (Wildman–Crippen LogP) is 2.14. The number of amides is 1. The second-order valence-electron chi connectivity index (χ2n) is 6.28. The molecule has 1 aliphatic rings. The number of hydrogen-bond donors (Lipinski definition) is 2. The Hall–Kier alpha value is -0.610. The normalized spacial score (nSPS) is 20.9. The molecule has 0 aromatic heterocycles. The van der Waals surface area contributed by atoms with Crippen molar-refractivity contribution in [1.82, 2.24) is 15.5 Å². The zero-order valence-electron chi connectivity index (χ0n) is 13.9. The lowest BCUT2D eigenvalue weighted by atomic mass is 10.1. The Morgan fingerprint density at radius 3 is 2.40 bits per heavy atom. The van der Waals surface area contributed by atoms with Crippen LogP contribution in [0.2, 0.25) is 0 Å². The summed E-state index contributed by atoms with van der Waals surface area (Å²) in [5.41, 5.74) is 0. The van der Waals surface area contributed by atoms with Crippen LogP contribution in [0.1, 0.15) is 60.3 Å². The standard InChI is InChI=1S/C16H33N3O/c1-6-14(7-2)18-16(20)13(5)19(12(3)4)11-15-9-8-10-17-15/h12-15,17H,6-11H2,1-5H3,(H,18,20). The van der Waals surface area contributed by atoms with Crippen LogP contribution in [-0.4, -0.2) is 48.1 Å². The van der Waals surface area contributed by atoms with Crippen LogP contribution in [0.15, 0.2) is 0 Å². The minimum Gasteiger partial charge on any atom is -0.352 e. The first-order chi connectivity index (χ1) is 9.49. The number of nitrogens with one attached hydrogen (secondary N) is 2. The summed E-state index contributed by atoms with van der Waals surface area (Å²) in [5.74, 6) is 0.172. The molecule has 0 aromatic carbocycles. The van der Waals surface area contributed by atoms with E-state index in [1.54, 1.807) is 0 Å². The molecule has 1 heterocycles. The summed E-state index contributed by atoms with van der Waals surface area (Å²) in [7, 11) is 0. The fraction of sp³-hybridized carbons (Fsp3) is 0.938. The van der Waals surface area contributed by atoms with Gasteiger partial charge in [0.05, 0.1) is 6.04 Å². The molecule has 20 heavy (non-hydrogen) atoms. The smallest absolute Gasteiger partial charge is 0.237 e. The van der Waals surface area contributed by atoms with E-state index in [1.807, 2.05) is 6.92 Å². The Bertz CT molecular complexity index is 283. The van der Waals surface area contributed by atoms with Crippen molar-refractivity contribution in [3.05, 3.63) is 0 Å². The van der Waals surface area contributed by atoms with Crippen LogP contribution in [0.4, 0.5) is 0 Å². The van der Waals surface area contributed by atoms with Crippen LogP contribution in [0.3, 0.4) is 0 Å². The molecule has 2 atom stereocenters. The SMILES string of the molecule is CCC(CC)NC(=O)C(C)N(CC1CCCN1)C(C)C. The molecule has 0 bridgehead atoms. The van der Waals surface area contributed by atoms with Crippen LogP contribution in [0.5, 0.6) is 0 Å². The van der Waals surface area contributed by atoms with E-state index in [2.05, 4.69) is 43.2 Å². The first kappa shape index (κ1) is 17.4. The quantitative estimate of drug-likeness (QED) is 0.717. The fourth-order valence-electron chi connectivity index (χ4n) is 2.95. The second-order valence-corrected chi connectivity index (χ2v) is 6.28. The lowest BCUT2D eigenvalue weighted by Crippen LogP contribution is -2.53. The molecule has 4 nitrogen and oxygen atoms in total. The van der Waals surface area contributed by atoms with Gasteiger partial charge in [0.15, 0.2) is 0 Å². The van der Waals surface area contributed by atoms with Crippen molar-refractivity contribution in [2.45, 2.75) is 84.5 Å². The zero-order chi connectivity index (χ0) is 15.1. The van der Waals surface area contributed by atoms with Gasteiger partial charge in [-0.1, -0.05) is 13.8 Å². The fourth-order valence-corrected chi connectivity index (χ4v) is 2.95. The molecule has 0 radical (unpaired) electrons. The Morgan fingerprint density at radius 1 is 1.30 bits per heavy atom. The number of carbonyl (C=O) groups is 1. The maximum atomic E-state index is 12.4. The highest BCUT2D eigenvalue weighted by atomic mass is 16.2. The number of hydrogen-bond acceptors (Lipinski definition) is 3. The van der Waals surface area contributed by atoms with Gasteiger partial charge in [-0.25, -0.2) is 0 Å². The van der Waals surface area contributed by atoms with Gasteiger partial charge in [-0.2, -0.15) is 0 Å². The molecular formula is C16H33N3O. The van der Waals surface area contributed by atoms with E-state index in [9.17, 15) is 4.79 Å². The van der Waals surface area contributed by atoms with E-state index in [1.165, 1.54) is 12.8 Å². The van der Waals surface area contributed by atoms with Crippen molar-refractivity contribution < 1.29 is 4.79 Å². The van der Waals surface area contributed by atoms with Crippen LogP contribution >= 0.6 is 0 Å². The van der Waals surface area contributed by atoms with Gasteiger partial charge in [-0.05, 0) is 53.0 Å². The third-order valence-electron chi connectivity index (χ3n) is 4.47. The number of rotatable bonds is 8. The summed E-state index contributed by atoms with van der Waals surface area (Å²) >= 11 is 0. The summed E-state index contributed by atoms with van der Waals surface area (Å²) in [6.45, 7) is 12.7. The van der Waals surface area contributed by atoms with Gasteiger partial charge >= 0.3 is 0 Å². The van der Waals surface area contributed by atoms with Gasteiger partial charge in [0, 0.05) is 24.7 Å². The van der Waals surface area contributed by atoms with E-state index < -0.39 is 0 Å². The zero-order valence-corrected chi connectivity index (χ0v) is 13.9. The van der Waals surface area contributed by atoms with Crippen molar-refractivity contribution in [3.8, 4) is 0 Å². The van der Waals surface area contributed by atoms with Gasteiger partial charge in [-0.15, -0.1) is 0 Å². The van der Waals surface area contributed by atoms with Crippen LogP contribution < -0.4 is 10.6 Å². The molecule has 1 saturated heterocycles. The first-order valence-corrected chi connectivity index (χ1v) is 8.29. The van der Waals surface area contributed by atoms with Gasteiger partial charge in [0.1, 0.15) is 0 Å². The van der Waals surface area contributed by atoms with E-state index in [4.69, 9.17) is 0 Å². The van der Waals surface area contributed by atoms with Gasteiger partial charge in [0.2, 0.25) is 5.91 Å². The van der Waals surface area contributed by atoms with Crippen molar-refractivity contribution in [2.24, 2.45) is 0 Å². The van der Waals surface area contributed by atoms with Gasteiger partial charge < -0.3 is 10.6 Å². The number of nitrogens with zero attached hydrogens (tertiary/aromatic N) is 1. The molecule has 1 rings (SSSR count). The summed E-state index contributed by atoms with van der Waals surface area (Å²) in [4.78, 5) is 14.7. The molecule has 2 unspecified atom stereocenters. The summed E-state index contributed by atoms with van der Waals surface area (Å²) < 4.78 is 0. The highest BCUT2D eigenvalue weighted by molar-refractivity contribution is 5.81. The molecule has 2 N–H and O–H groups in total. The maximum Gasteiger partial charge on any atom is 0.237 e. The topological polar surface area (TPSA) is 44.4 Å². The molecule has 4 heteroatoms. The lowest BCUT2D eigenvalue weighted by molar-refractivity contribution is -0.127. The highest BCUT2D eigenvalue weighted by Gasteiger charge is 2.28. The van der Waals surface area contributed by atoms with Crippen LogP contribution in [-0.2, 0) is 4.79 Å². The first-order valence-electron chi connectivity index (χ1n) is 8.29. The minimum absolute atomic E-state index is 0.0574. The molecule has 1 amide bonds. The highest BCUT2D eigenvalue weighted by Crippen LogP contribution is 2.13. The Balaban J connectivity index is 2.57. The minimum atomic E-state index is -0.0574. The monoisotopic (exact) mass is 283 g/mol. The third kappa shape index (κ3) is 5.06. The van der Waals surface area contributed by atoms with E-state index in [-0.39, 0.29) is 11.9 Å². The molecule has 0 saturated carbocycles. The Labute approximate surface area is 124 Å².